The average Bonchev–Trinajstić information content (AvgIpc) is 2.74. The number of ether oxygens (including phenoxy) is 3. The molecule has 1 saturated heterocycles. The number of hydrogen-bond donors (Lipinski definition) is 1. The Labute approximate surface area is 165 Å². The van der Waals surface area contributed by atoms with Gasteiger partial charge in [0.2, 0.25) is 5.95 Å². The molecule has 0 bridgehead atoms. The molecule has 10 heteroatoms. The Bertz CT molecular complexity index is 1050. The third-order valence-corrected chi connectivity index (χ3v) is 4.71. The normalized spacial score (nSPS) is 14.3. The summed E-state index contributed by atoms with van der Waals surface area (Å²) in [4.78, 5) is 14.8. The molecule has 0 atom stereocenters. The molecule has 8 nitrogen and oxygen atoms in total. The SMILES string of the molecule is COc1cc(OC)c(F)c(-c2cc3cnc(N)nc3c(N3CCOCC3)n2)c1F. The lowest BCUT2D eigenvalue weighted by Gasteiger charge is -2.28. The predicted octanol–water partition coefficient (Wildman–Crippen LogP) is 2.41. The smallest absolute Gasteiger partial charge is 0.220 e. The summed E-state index contributed by atoms with van der Waals surface area (Å²) in [6.45, 7) is 2.12. The second-order valence-corrected chi connectivity index (χ2v) is 6.38. The van der Waals surface area contributed by atoms with Crippen LogP contribution in [0, 0.1) is 11.6 Å². The van der Waals surface area contributed by atoms with E-state index in [-0.39, 0.29) is 28.7 Å². The third kappa shape index (κ3) is 3.35. The van der Waals surface area contributed by atoms with Crippen molar-refractivity contribution in [3.05, 3.63) is 30.0 Å². The highest BCUT2D eigenvalue weighted by atomic mass is 19.1. The molecule has 0 saturated carbocycles. The minimum absolute atomic E-state index is 0.0690. The number of nitrogens with zero attached hydrogens (tertiary/aromatic N) is 4. The molecule has 0 radical (unpaired) electrons. The zero-order valence-corrected chi connectivity index (χ0v) is 15.9. The summed E-state index contributed by atoms with van der Waals surface area (Å²) >= 11 is 0. The topological polar surface area (TPSA) is 95.6 Å². The van der Waals surface area contributed by atoms with Gasteiger partial charge in [-0.1, -0.05) is 0 Å². The van der Waals surface area contributed by atoms with E-state index in [2.05, 4.69) is 15.0 Å². The molecule has 4 rings (SSSR count). The van der Waals surface area contributed by atoms with E-state index in [0.29, 0.717) is 43.0 Å². The number of hydrogen-bond acceptors (Lipinski definition) is 8. The van der Waals surface area contributed by atoms with Crippen LogP contribution in [0.3, 0.4) is 0 Å². The molecule has 2 aromatic heterocycles. The molecule has 3 aromatic rings. The largest absolute Gasteiger partial charge is 0.494 e. The van der Waals surface area contributed by atoms with Crippen LogP contribution >= 0.6 is 0 Å². The van der Waals surface area contributed by atoms with Crippen molar-refractivity contribution in [3.8, 4) is 22.8 Å². The number of halogens is 2. The van der Waals surface area contributed by atoms with Crippen LogP contribution in [0.4, 0.5) is 20.5 Å². The number of rotatable bonds is 4. The summed E-state index contributed by atoms with van der Waals surface area (Å²) in [6, 6.07) is 2.67. The molecule has 0 aliphatic carbocycles. The van der Waals surface area contributed by atoms with Gasteiger partial charge in [0, 0.05) is 30.7 Å². The molecule has 0 spiro atoms. The summed E-state index contributed by atoms with van der Waals surface area (Å²) < 4.78 is 45.5. The Morgan fingerprint density at radius 2 is 1.69 bits per heavy atom. The number of nitrogens with two attached hydrogens (primary N) is 1. The Hall–Kier alpha value is -3.27. The highest BCUT2D eigenvalue weighted by Gasteiger charge is 2.25. The van der Waals surface area contributed by atoms with Crippen molar-refractivity contribution in [2.24, 2.45) is 0 Å². The first kappa shape index (κ1) is 19.1. The molecule has 1 aliphatic rings. The Morgan fingerprint density at radius 1 is 1.03 bits per heavy atom. The number of morpholine rings is 1. The van der Waals surface area contributed by atoms with Gasteiger partial charge in [0.05, 0.1) is 38.7 Å². The van der Waals surface area contributed by atoms with Crippen molar-refractivity contribution >= 4 is 22.7 Å². The third-order valence-electron chi connectivity index (χ3n) is 4.71. The molecule has 0 amide bonds. The molecular formula is C19H19F2N5O3. The van der Waals surface area contributed by atoms with Crippen LogP contribution in [0.5, 0.6) is 11.5 Å². The van der Waals surface area contributed by atoms with Crippen LogP contribution in [0.15, 0.2) is 18.3 Å². The number of methoxy groups -OCH3 is 2. The van der Waals surface area contributed by atoms with Gasteiger partial charge in [0.25, 0.3) is 0 Å². The van der Waals surface area contributed by atoms with E-state index in [0.717, 1.165) is 6.07 Å². The van der Waals surface area contributed by atoms with Crippen LogP contribution in [0.2, 0.25) is 0 Å². The van der Waals surface area contributed by atoms with E-state index in [1.54, 1.807) is 0 Å². The van der Waals surface area contributed by atoms with Gasteiger partial charge in [0.15, 0.2) is 29.0 Å². The van der Waals surface area contributed by atoms with E-state index < -0.39 is 11.6 Å². The van der Waals surface area contributed by atoms with E-state index >= 15 is 8.78 Å². The Morgan fingerprint density at radius 3 is 2.31 bits per heavy atom. The second-order valence-electron chi connectivity index (χ2n) is 6.38. The van der Waals surface area contributed by atoms with Crippen molar-refractivity contribution in [1.29, 1.82) is 0 Å². The van der Waals surface area contributed by atoms with Crippen molar-refractivity contribution in [1.82, 2.24) is 15.0 Å². The fourth-order valence-electron chi connectivity index (χ4n) is 3.27. The van der Waals surface area contributed by atoms with Crippen molar-refractivity contribution in [2.75, 3.05) is 51.2 Å². The van der Waals surface area contributed by atoms with Gasteiger partial charge in [-0.25, -0.2) is 23.7 Å². The monoisotopic (exact) mass is 403 g/mol. The van der Waals surface area contributed by atoms with E-state index in [1.165, 1.54) is 26.5 Å². The molecule has 1 fully saturated rings. The summed E-state index contributed by atoms with van der Waals surface area (Å²) in [5.74, 6) is -1.51. The molecule has 3 heterocycles. The van der Waals surface area contributed by atoms with Gasteiger partial charge >= 0.3 is 0 Å². The zero-order chi connectivity index (χ0) is 20.5. The maximum absolute atomic E-state index is 15.0. The van der Waals surface area contributed by atoms with Crippen LogP contribution in [-0.4, -0.2) is 55.5 Å². The lowest BCUT2D eigenvalue weighted by atomic mass is 10.1. The van der Waals surface area contributed by atoms with Crippen LogP contribution in [-0.2, 0) is 4.74 Å². The lowest BCUT2D eigenvalue weighted by molar-refractivity contribution is 0.122. The zero-order valence-electron chi connectivity index (χ0n) is 15.9. The molecule has 152 valence electrons. The fourth-order valence-corrected chi connectivity index (χ4v) is 3.27. The first-order valence-corrected chi connectivity index (χ1v) is 8.89. The summed E-state index contributed by atoms with van der Waals surface area (Å²) in [6.07, 6.45) is 1.50. The lowest BCUT2D eigenvalue weighted by Crippen LogP contribution is -2.37. The minimum Gasteiger partial charge on any atom is -0.494 e. The highest BCUT2D eigenvalue weighted by molar-refractivity contribution is 5.92. The van der Waals surface area contributed by atoms with Crippen molar-refractivity contribution < 1.29 is 23.0 Å². The number of aromatic nitrogens is 3. The van der Waals surface area contributed by atoms with Crippen LogP contribution in [0.25, 0.3) is 22.2 Å². The number of nitrogen functional groups attached to an aromatic ring is 1. The predicted molar refractivity (Wildman–Crippen MR) is 103 cm³/mol. The molecule has 1 aliphatic heterocycles. The minimum atomic E-state index is -0.873. The van der Waals surface area contributed by atoms with E-state index in [1.807, 2.05) is 4.90 Å². The highest BCUT2D eigenvalue weighted by Crippen LogP contribution is 2.39. The molecule has 29 heavy (non-hydrogen) atoms. The number of pyridine rings is 1. The van der Waals surface area contributed by atoms with E-state index in [9.17, 15) is 0 Å². The van der Waals surface area contributed by atoms with Gasteiger partial charge in [-0.3, -0.25) is 0 Å². The maximum Gasteiger partial charge on any atom is 0.220 e. The second kappa shape index (κ2) is 7.63. The Balaban J connectivity index is 1.99. The summed E-state index contributed by atoms with van der Waals surface area (Å²) in [7, 11) is 2.59. The van der Waals surface area contributed by atoms with Crippen molar-refractivity contribution in [2.45, 2.75) is 0 Å². The maximum atomic E-state index is 15.0. The number of anilines is 2. The standard InChI is InChI=1S/C19H19F2N5O3/c1-27-12-8-13(28-2)16(21)14(15(12)20)11-7-10-9-23-19(22)25-17(10)18(24-11)26-3-5-29-6-4-26/h7-9H,3-6H2,1-2H3,(H2,22,23,25). The summed E-state index contributed by atoms with van der Waals surface area (Å²) in [5, 5.41) is 0.547. The molecular weight excluding hydrogens is 384 g/mol. The van der Waals surface area contributed by atoms with Gasteiger partial charge in [0.1, 0.15) is 5.52 Å². The fraction of sp³-hybridized carbons (Fsp3) is 0.316. The quantitative estimate of drug-likeness (QED) is 0.710. The van der Waals surface area contributed by atoms with Gasteiger partial charge in [-0.15, -0.1) is 0 Å². The molecule has 2 N–H and O–H groups in total. The van der Waals surface area contributed by atoms with Crippen molar-refractivity contribution in [3.63, 3.8) is 0 Å². The Kier molecular flexibility index (Phi) is 5.01. The van der Waals surface area contributed by atoms with Crippen LogP contribution in [0.1, 0.15) is 0 Å². The number of benzene rings is 1. The van der Waals surface area contributed by atoms with Gasteiger partial charge in [-0.2, -0.15) is 0 Å². The average molecular weight is 403 g/mol. The first-order chi connectivity index (χ1) is 14.0. The van der Waals surface area contributed by atoms with E-state index in [4.69, 9.17) is 19.9 Å². The number of fused-ring (bicyclic) bond motifs is 1. The summed E-state index contributed by atoms with van der Waals surface area (Å²) in [5.41, 5.74) is 5.96. The van der Waals surface area contributed by atoms with Gasteiger partial charge in [-0.05, 0) is 6.07 Å². The molecule has 1 aromatic carbocycles. The molecule has 0 unspecified atom stereocenters. The first-order valence-electron chi connectivity index (χ1n) is 8.89. The van der Waals surface area contributed by atoms with Gasteiger partial charge < -0.3 is 24.8 Å². The van der Waals surface area contributed by atoms with Crippen LogP contribution < -0.4 is 20.1 Å².